The number of nitrogens with zero attached hydrogens (tertiary/aromatic N) is 2. The lowest BCUT2D eigenvalue weighted by atomic mass is 10.1. The van der Waals surface area contributed by atoms with Gasteiger partial charge in [-0.25, -0.2) is 9.97 Å². The SMILES string of the molecule is CC(C)Cc1ncc(NC(=O)CCl)cn1. The molecule has 0 saturated carbocycles. The average molecular weight is 228 g/mol. The molecule has 15 heavy (non-hydrogen) atoms. The van der Waals surface area contributed by atoms with Crippen LogP contribution in [-0.4, -0.2) is 21.8 Å². The summed E-state index contributed by atoms with van der Waals surface area (Å²) in [5.74, 6) is 0.993. The third-order valence-electron chi connectivity index (χ3n) is 1.70. The normalized spacial score (nSPS) is 10.4. The Morgan fingerprint density at radius 3 is 2.53 bits per heavy atom. The zero-order valence-electron chi connectivity index (χ0n) is 8.83. The predicted octanol–water partition coefficient (Wildman–Crippen LogP) is 1.85. The average Bonchev–Trinajstić information content (AvgIpc) is 2.20. The number of carbonyl (C=O) groups is 1. The summed E-state index contributed by atoms with van der Waals surface area (Å²) >= 11 is 5.35. The molecule has 0 aliphatic heterocycles. The Labute approximate surface area is 94.1 Å². The third kappa shape index (κ3) is 4.25. The molecule has 1 N–H and O–H groups in total. The van der Waals surface area contributed by atoms with Crippen LogP contribution >= 0.6 is 11.6 Å². The Bertz CT molecular complexity index is 324. The summed E-state index contributed by atoms with van der Waals surface area (Å²) in [6, 6.07) is 0. The summed E-state index contributed by atoms with van der Waals surface area (Å²) in [5, 5.41) is 2.58. The van der Waals surface area contributed by atoms with Crippen LogP contribution in [0.2, 0.25) is 0 Å². The number of nitrogens with one attached hydrogen (secondary N) is 1. The maximum atomic E-state index is 10.9. The molecular formula is C10H14ClN3O. The number of hydrogen-bond acceptors (Lipinski definition) is 3. The first-order valence-corrected chi connectivity index (χ1v) is 5.32. The number of rotatable bonds is 4. The van der Waals surface area contributed by atoms with Crippen LogP contribution in [0.25, 0.3) is 0 Å². The van der Waals surface area contributed by atoms with Crippen molar-refractivity contribution in [1.29, 1.82) is 0 Å². The molecule has 0 unspecified atom stereocenters. The van der Waals surface area contributed by atoms with Crippen LogP contribution in [0.5, 0.6) is 0 Å². The van der Waals surface area contributed by atoms with Crippen molar-refractivity contribution >= 4 is 23.2 Å². The van der Waals surface area contributed by atoms with E-state index in [1.54, 1.807) is 12.4 Å². The van der Waals surface area contributed by atoms with Gasteiger partial charge in [0.25, 0.3) is 0 Å². The van der Waals surface area contributed by atoms with Crippen LogP contribution in [0.1, 0.15) is 19.7 Å². The molecule has 0 saturated heterocycles. The van der Waals surface area contributed by atoms with Crippen molar-refractivity contribution in [2.24, 2.45) is 5.92 Å². The molecule has 1 rings (SSSR count). The molecule has 0 radical (unpaired) electrons. The fourth-order valence-electron chi connectivity index (χ4n) is 1.08. The Kier molecular flexibility index (Phi) is 4.49. The fraction of sp³-hybridized carbons (Fsp3) is 0.500. The summed E-state index contributed by atoms with van der Waals surface area (Å²) in [5.41, 5.74) is 0.577. The molecule has 5 heteroatoms. The maximum absolute atomic E-state index is 10.9. The molecule has 0 bridgehead atoms. The number of hydrogen-bond donors (Lipinski definition) is 1. The number of aromatic nitrogens is 2. The maximum Gasteiger partial charge on any atom is 0.239 e. The van der Waals surface area contributed by atoms with E-state index in [1.807, 2.05) is 0 Å². The molecule has 0 fully saturated rings. The highest BCUT2D eigenvalue weighted by atomic mass is 35.5. The highest BCUT2D eigenvalue weighted by Crippen LogP contribution is 2.06. The fourth-order valence-corrected chi connectivity index (χ4v) is 1.15. The molecule has 0 spiro atoms. The second kappa shape index (κ2) is 5.66. The van der Waals surface area contributed by atoms with Crippen molar-refractivity contribution in [1.82, 2.24) is 9.97 Å². The van der Waals surface area contributed by atoms with E-state index in [9.17, 15) is 4.79 Å². The zero-order chi connectivity index (χ0) is 11.3. The van der Waals surface area contributed by atoms with Gasteiger partial charge in [-0.15, -0.1) is 11.6 Å². The van der Waals surface area contributed by atoms with Crippen LogP contribution in [0, 0.1) is 5.92 Å². The minimum Gasteiger partial charge on any atom is -0.322 e. The van der Waals surface area contributed by atoms with Crippen molar-refractivity contribution in [2.45, 2.75) is 20.3 Å². The second-order valence-electron chi connectivity index (χ2n) is 3.67. The van der Waals surface area contributed by atoms with E-state index in [2.05, 4.69) is 29.1 Å². The summed E-state index contributed by atoms with van der Waals surface area (Å²) in [6.45, 7) is 4.21. The number of alkyl halides is 1. The van der Waals surface area contributed by atoms with Crippen molar-refractivity contribution in [3.05, 3.63) is 18.2 Å². The van der Waals surface area contributed by atoms with Gasteiger partial charge < -0.3 is 5.32 Å². The van der Waals surface area contributed by atoms with Gasteiger partial charge in [0.1, 0.15) is 11.7 Å². The first kappa shape index (κ1) is 11.9. The van der Waals surface area contributed by atoms with Gasteiger partial charge in [0.05, 0.1) is 18.1 Å². The van der Waals surface area contributed by atoms with Gasteiger partial charge in [0.15, 0.2) is 0 Å². The summed E-state index contributed by atoms with van der Waals surface area (Å²) in [4.78, 5) is 19.2. The van der Waals surface area contributed by atoms with Gasteiger partial charge in [-0.3, -0.25) is 4.79 Å². The molecule has 1 aromatic heterocycles. The number of halogens is 1. The van der Waals surface area contributed by atoms with E-state index in [1.165, 1.54) is 0 Å². The van der Waals surface area contributed by atoms with E-state index in [0.29, 0.717) is 11.6 Å². The lowest BCUT2D eigenvalue weighted by Crippen LogP contribution is -2.13. The second-order valence-corrected chi connectivity index (χ2v) is 3.94. The van der Waals surface area contributed by atoms with Gasteiger partial charge in [-0.1, -0.05) is 13.8 Å². The number of anilines is 1. The Hall–Kier alpha value is -1.16. The van der Waals surface area contributed by atoms with Gasteiger partial charge in [-0.2, -0.15) is 0 Å². The van der Waals surface area contributed by atoms with E-state index in [-0.39, 0.29) is 11.8 Å². The molecule has 4 nitrogen and oxygen atoms in total. The molecule has 82 valence electrons. The Balaban J connectivity index is 2.60. The molecular weight excluding hydrogens is 214 g/mol. The van der Waals surface area contributed by atoms with Crippen molar-refractivity contribution in [3.8, 4) is 0 Å². The smallest absolute Gasteiger partial charge is 0.239 e. The molecule has 1 heterocycles. The monoisotopic (exact) mass is 227 g/mol. The van der Waals surface area contributed by atoms with Gasteiger partial charge >= 0.3 is 0 Å². The molecule has 1 aromatic rings. The van der Waals surface area contributed by atoms with Crippen LogP contribution in [-0.2, 0) is 11.2 Å². The minimum absolute atomic E-state index is 0.0618. The number of carbonyl (C=O) groups excluding carboxylic acids is 1. The lowest BCUT2D eigenvalue weighted by molar-refractivity contribution is -0.113. The Morgan fingerprint density at radius 2 is 2.07 bits per heavy atom. The predicted molar refractivity (Wildman–Crippen MR) is 59.9 cm³/mol. The van der Waals surface area contributed by atoms with Crippen molar-refractivity contribution in [2.75, 3.05) is 11.2 Å². The minimum atomic E-state index is -0.253. The Morgan fingerprint density at radius 1 is 1.47 bits per heavy atom. The topological polar surface area (TPSA) is 54.9 Å². The van der Waals surface area contributed by atoms with Gasteiger partial charge in [0, 0.05) is 6.42 Å². The van der Waals surface area contributed by atoms with Gasteiger partial charge in [-0.05, 0) is 5.92 Å². The quantitative estimate of drug-likeness (QED) is 0.799. The first-order valence-electron chi connectivity index (χ1n) is 4.78. The highest BCUT2D eigenvalue weighted by molar-refractivity contribution is 6.29. The van der Waals surface area contributed by atoms with Crippen molar-refractivity contribution in [3.63, 3.8) is 0 Å². The van der Waals surface area contributed by atoms with Crippen molar-refractivity contribution < 1.29 is 4.79 Å². The molecule has 0 atom stereocenters. The van der Waals surface area contributed by atoms with Crippen LogP contribution in [0.3, 0.4) is 0 Å². The summed E-state index contributed by atoms with van der Waals surface area (Å²) < 4.78 is 0. The standard InChI is InChI=1S/C10H14ClN3O/c1-7(2)3-9-12-5-8(6-13-9)14-10(15)4-11/h5-7H,3-4H2,1-2H3,(H,14,15). The van der Waals surface area contributed by atoms with Crippen LogP contribution in [0.15, 0.2) is 12.4 Å². The van der Waals surface area contributed by atoms with E-state index < -0.39 is 0 Å². The first-order chi connectivity index (χ1) is 7.11. The molecule has 0 aliphatic carbocycles. The van der Waals surface area contributed by atoms with E-state index in [0.717, 1.165) is 12.2 Å². The van der Waals surface area contributed by atoms with Crippen LogP contribution in [0.4, 0.5) is 5.69 Å². The largest absolute Gasteiger partial charge is 0.322 e. The molecule has 0 aliphatic rings. The van der Waals surface area contributed by atoms with Gasteiger partial charge in [0.2, 0.25) is 5.91 Å². The van der Waals surface area contributed by atoms with E-state index in [4.69, 9.17) is 11.6 Å². The highest BCUT2D eigenvalue weighted by Gasteiger charge is 2.03. The van der Waals surface area contributed by atoms with E-state index >= 15 is 0 Å². The number of amides is 1. The summed E-state index contributed by atoms with van der Waals surface area (Å²) in [6.07, 6.45) is 4.02. The third-order valence-corrected chi connectivity index (χ3v) is 1.94. The van der Waals surface area contributed by atoms with Crippen LogP contribution < -0.4 is 5.32 Å². The molecule has 1 amide bonds. The zero-order valence-corrected chi connectivity index (χ0v) is 9.58. The molecule has 0 aromatic carbocycles. The lowest BCUT2D eigenvalue weighted by Gasteiger charge is -2.05. The summed E-state index contributed by atoms with van der Waals surface area (Å²) in [7, 11) is 0.